The molecule has 88 valence electrons. The molecule has 0 unspecified atom stereocenters. The molecule has 6 heteroatoms. The Morgan fingerprint density at radius 2 is 2.24 bits per heavy atom. The first kappa shape index (κ1) is 11.4. The van der Waals surface area contributed by atoms with Crippen molar-refractivity contribution in [2.75, 3.05) is 11.1 Å². The van der Waals surface area contributed by atoms with E-state index in [-0.39, 0.29) is 0 Å². The molecule has 1 aromatic carbocycles. The zero-order valence-electron chi connectivity index (χ0n) is 9.23. The average molecular weight is 248 g/mol. The highest BCUT2D eigenvalue weighted by atomic mass is 32.1. The van der Waals surface area contributed by atoms with Gasteiger partial charge >= 0.3 is 0 Å². The monoisotopic (exact) mass is 248 g/mol. The fourth-order valence-corrected chi connectivity index (χ4v) is 2.09. The van der Waals surface area contributed by atoms with Crippen LogP contribution in [0.5, 0.6) is 0 Å². The normalized spacial score (nSPS) is 10.2. The van der Waals surface area contributed by atoms with Gasteiger partial charge in [-0.25, -0.2) is 4.98 Å². The van der Waals surface area contributed by atoms with Gasteiger partial charge in [0.25, 0.3) is 5.91 Å². The second-order valence-electron chi connectivity index (χ2n) is 3.53. The number of primary amides is 1. The summed E-state index contributed by atoms with van der Waals surface area (Å²) in [6.07, 6.45) is 1.77. The zero-order valence-corrected chi connectivity index (χ0v) is 10.0. The predicted octanol–water partition coefficient (Wildman–Crippen LogP) is 1.88. The van der Waals surface area contributed by atoms with Crippen LogP contribution in [0.2, 0.25) is 0 Å². The highest BCUT2D eigenvalue weighted by molar-refractivity contribution is 7.15. The van der Waals surface area contributed by atoms with E-state index in [1.807, 2.05) is 6.92 Å². The standard InChI is InChI=1S/C11H12N4OS/c1-6-5-14-11(17-6)15-8-4-2-3-7(9(8)12)10(13)16/h2-5H,12H2,1H3,(H2,13,16)(H,14,15). The van der Waals surface area contributed by atoms with E-state index in [2.05, 4.69) is 10.3 Å². The van der Waals surface area contributed by atoms with Gasteiger partial charge in [-0.3, -0.25) is 4.79 Å². The van der Waals surface area contributed by atoms with Crippen LogP contribution in [0, 0.1) is 6.92 Å². The zero-order chi connectivity index (χ0) is 12.4. The van der Waals surface area contributed by atoms with Crippen LogP contribution in [-0.2, 0) is 0 Å². The number of rotatable bonds is 3. The van der Waals surface area contributed by atoms with E-state index in [9.17, 15) is 4.79 Å². The topological polar surface area (TPSA) is 94.0 Å². The molecule has 0 saturated carbocycles. The van der Waals surface area contributed by atoms with Gasteiger partial charge < -0.3 is 16.8 Å². The van der Waals surface area contributed by atoms with Gasteiger partial charge in [0.15, 0.2) is 5.13 Å². The quantitative estimate of drug-likeness (QED) is 0.723. The van der Waals surface area contributed by atoms with Gasteiger partial charge in [0.2, 0.25) is 0 Å². The van der Waals surface area contributed by atoms with Gasteiger partial charge in [-0.15, -0.1) is 11.3 Å². The number of carbonyl (C=O) groups is 1. The molecule has 0 saturated heterocycles. The number of para-hydroxylation sites is 1. The maximum Gasteiger partial charge on any atom is 0.250 e. The summed E-state index contributed by atoms with van der Waals surface area (Å²) in [6, 6.07) is 5.09. The molecule has 1 heterocycles. The number of nitrogens with one attached hydrogen (secondary N) is 1. The fraction of sp³-hybridized carbons (Fsp3) is 0.0909. The Kier molecular flexibility index (Phi) is 2.97. The summed E-state index contributed by atoms with van der Waals surface area (Å²) in [7, 11) is 0. The number of nitrogen functional groups attached to an aromatic ring is 1. The summed E-state index contributed by atoms with van der Waals surface area (Å²) in [5.74, 6) is -0.540. The Morgan fingerprint density at radius 1 is 1.47 bits per heavy atom. The van der Waals surface area contributed by atoms with Crippen molar-refractivity contribution in [1.29, 1.82) is 0 Å². The van der Waals surface area contributed by atoms with E-state index in [0.717, 1.165) is 10.0 Å². The van der Waals surface area contributed by atoms with Crippen molar-refractivity contribution in [2.24, 2.45) is 5.73 Å². The van der Waals surface area contributed by atoms with Crippen molar-refractivity contribution in [3.8, 4) is 0 Å². The molecule has 5 N–H and O–H groups in total. The summed E-state index contributed by atoms with van der Waals surface area (Å²) >= 11 is 1.51. The molecule has 0 spiro atoms. The van der Waals surface area contributed by atoms with Crippen LogP contribution < -0.4 is 16.8 Å². The molecule has 1 amide bonds. The number of thiazole rings is 1. The van der Waals surface area contributed by atoms with E-state index < -0.39 is 5.91 Å². The lowest BCUT2D eigenvalue weighted by Crippen LogP contribution is -2.14. The lowest BCUT2D eigenvalue weighted by molar-refractivity contribution is 0.100. The minimum absolute atomic E-state index is 0.309. The number of carbonyl (C=O) groups excluding carboxylic acids is 1. The number of nitrogens with two attached hydrogens (primary N) is 2. The Labute approximate surface area is 102 Å². The van der Waals surface area contributed by atoms with Crippen LogP contribution in [0.15, 0.2) is 24.4 Å². The molecule has 17 heavy (non-hydrogen) atoms. The van der Waals surface area contributed by atoms with Crippen molar-refractivity contribution in [2.45, 2.75) is 6.92 Å². The number of hydrogen-bond acceptors (Lipinski definition) is 5. The second-order valence-corrected chi connectivity index (χ2v) is 4.77. The summed E-state index contributed by atoms with van der Waals surface area (Å²) < 4.78 is 0. The van der Waals surface area contributed by atoms with Crippen LogP contribution in [0.25, 0.3) is 0 Å². The first-order valence-corrected chi connectivity index (χ1v) is 5.77. The smallest absolute Gasteiger partial charge is 0.250 e. The van der Waals surface area contributed by atoms with Crippen molar-refractivity contribution in [3.63, 3.8) is 0 Å². The average Bonchev–Trinajstić information content (AvgIpc) is 2.67. The molecular weight excluding hydrogens is 236 g/mol. The minimum Gasteiger partial charge on any atom is -0.396 e. The molecule has 0 atom stereocenters. The molecule has 0 radical (unpaired) electrons. The number of benzene rings is 1. The van der Waals surface area contributed by atoms with Gasteiger partial charge in [-0.1, -0.05) is 6.07 Å². The van der Waals surface area contributed by atoms with Crippen LogP contribution >= 0.6 is 11.3 Å². The third kappa shape index (κ3) is 2.36. The predicted molar refractivity (Wildman–Crippen MR) is 69.5 cm³/mol. The summed E-state index contributed by atoms with van der Waals surface area (Å²) in [5, 5.41) is 3.80. The number of aryl methyl sites for hydroxylation is 1. The lowest BCUT2D eigenvalue weighted by Gasteiger charge is -2.09. The van der Waals surface area contributed by atoms with E-state index in [1.165, 1.54) is 11.3 Å². The summed E-state index contributed by atoms with van der Waals surface area (Å²) in [4.78, 5) is 16.4. The van der Waals surface area contributed by atoms with Gasteiger partial charge in [0.1, 0.15) is 0 Å². The Hall–Kier alpha value is -2.08. The first-order chi connectivity index (χ1) is 8.08. The van der Waals surface area contributed by atoms with Gasteiger partial charge in [-0.05, 0) is 19.1 Å². The lowest BCUT2D eigenvalue weighted by atomic mass is 10.1. The molecule has 0 aliphatic rings. The summed E-state index contributed by atoms with van der Waals surface area (Å²) in [5.41, 5.74) is 12.4. The molecule has 1 aromatic heterocycles. The van der Waals surface area contributed by atoms with E-state index >= 15 is 0 Å². The third-order valence-electron chi connectivity index (χ3n) is 2.23. The third-order valence-corrected chi connectivity index (χ3v) is 3.06. The molecule has 0 aliphatic carbocycles. The van der Waals surface area contributed by atoms with E-state index in [0.29, 0.717) is 16.9 Å². The second kappa shape index (κ2) is 4.42. The van der Waals surface area contributed by atoms with Crippen molar-refractivity contribution in [1.82, 2.24) is 4.98 Å². The Bertz CT molecular complexity index is 564. The van der Waals surface area contributed by atoms with Gasteiger partial charge in [0.05, 0.1) is 16.9 Å². The maximum absolute atomic E-state index is 11.1. The molecule has 2 rings (SSSR count). The molecule has 0 fully saturated rings. The van der Waals surface area contributed by atoms with Gasteiger partial charge in [0, 0.05) is 11.1 Å². The van der Waals surface area contributed by atoms with Crippen LogP contribution in [0.3, 0.4) is 0 Å². The van der Waals surface area contributed by atoms with Crippen molar-refractivity contribution in [3.05, 3.63) is 34.8 Å². The fourth-order valence-electron chi connectivity index (χ4n) is 1.42. The SMILES string of the molecule is Cc1cnc(Nc2cccc(C(N)=O)c2N)s1. The number of hydrogen-bond donors (Lipinski definition) is 3. The molecule has 0 bridgehead atoms. The number of nitrogens with zero attached hydrogens (tertiary/aromatic N) is 1. The highest BCUT2D eigenvalue weighted by Gasteiger charge is 2.10. The van der Waals surface area contributed by atoms with Crippen LogP contribution in [0.4, 0.5) is 16.5 Å². The van der Waals surface area contributed by atoms with Crippen LogP contribution in [-0.4, -0.2) is 10.9 Å². The van der Waals surface area contributed by atoms with Crippen LogP contribution in [0.1, 0.15) is 15.2 Å². The first-order valence-electron chi connectivity index (χ1n) is 4.95. The number of anilines is 3. The van der Waals surface area contributed by atoms with Gasteiger partial charge in [-0.2, -0.15) is 0 Å². The highest BCUT2D eigenvalue weighted by Crippen LogP contribution is 2.28. The number of aromatic nitrogens is 1. The number of amides is 1. The summed E-state index contributed by atoms with van der Waals surface area (Å²) in [6.45, 7) is 1.96. The minimum atomic E-state index is -0.540. The molecular formula is C11H12N4OS. The van der Waals surface area contributed by atoms with E-state index in [4.69, 9.17) is 11.5 Å². The van der Waals surface area contributed by atoms with Crippen molar-refractivity contribution >= 4 is 33.8 Å². The van der Waals surface area contributed by atoms with E-state index in [1.54, 1.807) is 24.4 Å². The maximum atomic E-state index is 11.1. The Morgan fingerprint density at radius 3 is 2.82 bits per heavy atom. The molecule has 0 aliphatic heterocycles. The van der Waals surface area contributed by atoms with Crippen molar-refractivity contribution < 1.29 is 4.79 Å². The Balaban J connectivity index is 2.33. The largest absolute Gasteiger partial charge is 0.396 e. The molecule has 5 nitrogen and oxygen atoms in total. The molecule has 2 aromatic rings.